The van der Waals surface area contributed by atoms with Gasteiger partial charge in [0.25, 0.3) is 0 Å². The molecule has 36 heavy (non-hydrogen) atoms. The summed E-state index contributed by atoms with van der Waals surface area (Å²) in [7, 11) is 0. The Balaban J connectivity index is 1.42. The Morgan fingerprint density at radius 3 is 2.03 bits per heavy atom. The van der Waals surface area contributed by atoms with Crippen LogP contribution in [0.5, 0.6) is 11.5 Å². The zero-order valence-electron chi connectivity index (χ0n) is 20.0. The topological polar surface area (TPSA) is 82.7 Å². The van der Waals surface area contributed by atoms with Crippen molar-refractivity contribution in [2.75, 3.05) is 28.6 Å². The van der Waals surface area contributed by atoms with E-state index in [1.807, 2.05) is 116 Å². The van der Waals surface area contributed by atoms with E-state index in [0.717, 1.165) is 17.0 Å². The molecule has 4 rings (SSSR count). The normalized spacial score (nSPS) is 10.2. The molecule has 7 heteroatoms. The quantitative estimate of drug-likeness (QED) is 0.264. The van der Waals surface area contributed by atoms with Gasteiger partial charge in [0.1, 0.15) is 11.5 Å². The molecule has 0 aromatic heterocycles. The Bertz CT molecular complexity index is 1280. The van der Waals surface area contributed by atoms with Crippen LogP contribution < -0.4 is 25.6 Å². The summed E-state index contributed by atoms with van der Waals surface area (Å²) in [5, 5.41) is 8.57. The molecule has 0 aliphatic heterocycles. The number of ether oxygens (including phenoxy) is 1. The average molecular weight is 481 g/mol. The van der Waals surface area contributed by atoms with Gasteiger partial charge in [0, 0.05) is 30.2 Å². The number of amides is 4. The van der Waals surface area contributed by atoms with Gasteiger partial charge < -0.3 is 20.7 Å². The molecule has 0 unspecified atom stereocenters. The van der Waals surface area contributed by atoms with E-state index in [1.165, 1.54) is 0 Å². The third kappa shape index (κ3) is 6.87. The first kappa shape index (κ1) is 24.3. The highest BCUT2D eigenvalue weighted by Gasteiger charge is 2.17. The van der Waals surface area contributed by atoms with Gasteiger partial charge in [0.2, 0.25) is 0 Å². The molecular formula is C29H28N4O3. The van der Waals surface area contributed by atoms with Crippen molar-refractivity contribution in [2.24, 2.45) is 0 Å². The van der Waals surface area contributed by atoms with Crippen molar-refractivity contribution in [3.8, 4) is 11.5 Å². The highest BCUT2D eigenvalue weighted by Crippen LogP contribution is 2.25. The third-order valence-electron chi connectivity index (χ3n) is 5.41. The first-order chi connectivity index (χ1) is 17.6. The molecular weight excluding hydrogens is 452 g/mol. The number of aryl methyl sites for hydroxylation is 1. The molecule has 0 spiro atoms. The molecule has 0 saturated heterocycles. The van der Waals surface area contributed by atoms with E-state index in [1.54, 1.807) is 4.90 Å². The van der Waals surface area contributed by atoms with Crippen LogP contribution in [0, 0.1) is 6.92 Å². The van der Waals surface area contributed by atoms with E-state index in [9.17, 15) is 9.59 Å². The van der Waals surface area contributed by atoms with Crippen molar-refractivity contribution in [2.45, 2.75) is 6.92 Å². The molecule has 0 fully saturated rings. The van der Waals surface area contributed by atoms with Crippen molar-refractivity contribution in [3.63, 3.8) is 0 Å². The summed E-state index contributed by atoms with van der Waals surface area (Å²) in [6.07, 6.45) is 0. The van der Waals surface area contributed by atoms with Gasteiger partial charge in [-0.05, 0) is 67.1 Å². The number of urea groups is 2. The number of hydrogen-bond acceptors (Lipinski definition) is 3. The van der Waals surface area contributed by atoms with Gasteiger partial charge in [-0.25, -0.2) is 9.59 Å². The molecule has 4 amide bonds. The molecule has 0 bridgehead atoms. The maximum Gasteiger partial charge on any atom is 0.326 e. The van der Waals surface area contributed by atoms with Crippen LogP contribution in [0.2, 0.25) is 0 Å². The van der Waals surface area contributed by atoms with Gasteiger partial charge in [-0.1, -0.05) is 54.6 Å². The van der Waals surface area contributed by atoms with E-state index in [0.29, 0.717) is 17.1 Å². The molecule has 0 heterocycles. The number of hydrogen-bond donors (Lipinski definition) is 3. The molecule has 0 saturated carbocycles. The number of benzene rings is 4. The Morgan fingerprint density at radius 1 is 0.722 bits per heavy atom. The van der Waals surface area contributed by atoms with Gasteiger partial charge in [-0.15, -0.1) is 0 Å². The van der Waals surface area contributed by atoms with Crippen LogP contribution in [0.25, 0.3) is 0 Å². The summed E-state index contributed by atoms with van der Waals surface area (Å²) >= 11 is 0. The van der Waals surface area contributed by atoms with Gasteiger partial charge in [-0.2, -0.15) is 0 Å². The predicted octanol–water partition coefficient (Wildman–Crippen LogP) is 6.65. The Hall–Kier alpha value is -4.78. The molecule has 0 aliphatic rings. The number of rotatable bonds is 8. The second kappa shape index (κ2) is 12.1. The van der Waals surface area contributed by atoms with Crippen molar-refractivity contribution in [3.05, 3.63) is 115 Å². The summed E-state index contributed by atoms with van der Waals surface area (Å²) in [6.45, 7) is 2.44. The maximum absolute atomic E-state index is 13.2. The fourth-order valence-electron chi connectivity index (χ4n) is 3.54. The minimum atomic E-state index is -0.334. The predicted molar refractivity (Wildman–Crippen MR) is 144 cm³/mol. The van der Waals surface area contributed by atoms with Gasteiger partial charge in [0.05, 0.1) is 0 Å². The number of nitrogens with zero attached hydrogens (tertiary/aromatic N) is 1. The SMILES string of the molecule is Cc1ccccc1NC(=O)NCCN(C(=O)Nc1ccccc1)c1ccc(Oc2ccccc2)cc1. The number of carbonyl (C=O) groups is 2. The van der Waals surface area contributed by atoms with E-state index < -0.39 is 0 Å². The standard InChI is InChI=1S/C29H28N4O3/c1-22-10-8-9-15-27(22)32-28(34)30-20-21-33(29(35)31-23-11-4-2-5-12-23)24-16-18-26(19-17-24)36-25-13-6-3-7-14-25/h2-19H,20-21H2,1H3,(H,31,35)(H2,30,32,34). The minimum Gasteiger partial charge on any atom is -0.457 e. The van der Waals surface area contributed by atoms with Crippen LogP contribution in [0.3, 0.4) is 0 Å². The lowest BCUT2D eigenvalue weighted by Crippen LogP contribution is -2.42. The summed E-state index contributed by atoms with van der Waals surface area (Å²) in [6, 6.07) is 32.9. The molecule has 7 nitrogen and oxygen atoms in total. The van der Waals surface area contributed by atoms with Crippen LogP contribution >= 0.6 is 0 Å². The van der Waals surface area contributed by atoms with Crippen LogP contribution in [-0.2, 0) is 0 Å². The largest absolute Gasteiger partial charge is 0.457 e. The zero-order chi connectivity index (χ0) is 25.2. The molecule has 0 atom stereocenters. The average Bonchev–Trinajstić information content (AvgIpc) is 2.90. The van der Waals surface area contributed by atoms with Crippen LogP contribution in [0.15, 0.2) is 109 Å². The van der Waals surface area contributed by atoms with Crippen LogP contribution in [-0.4, -0.2) is 25.2 Å². The van der Waals surface area contributed by atoms with E-state index in [2.05, 4.69) is 16.0 Å². The number of nitrogens with one attached hydrogen (secondary N) is 3. The van der Waals surface area contributed by atoms with E-state index in [4.69, 9.17) is 4.74 Å². The third-order valence-corrected chi connectivity index (χ3v) is 5.41. The van der Waals surface area contributed by atoms with Gasteiger partial charge in [0.15, 0.2) is 0 Å². The smallest absolute Gasteiger partial charge is 0.326 e. The fraction of sp³-hybridized carbons (Fsp3) is 0.103. The lowest BCUT2D eigenvalue weighted by atomic mass is 10.2. The summed E-state index contributed by atoms with van der Waals surface area (Å²) in [4.78, 5) is 27.1. The van der Waals surface area contributed by atoms with Crippen molar-refractivity contribution >= 4 is 29.1 Å². The van der Waals surface area contributed by atoms with Crippen LogP contribution in [0.1, 0.15) is 5.56 Å². The summed E-state index contributed by atoms with van der Waals surface area (Å²) in [5.74, 6) is 1.39. The second-order valence-corrected chi connectivity index (χ2v) is 8.05. The molecule has 0 radical (unpaired) electrons. The molecule has 4 aromatic rings. The highest BCUT2D eigenvalue weighted by atomic mass is 16.5. The summed E-state index contributed by atoms with van der Waals surface area (Å²) < 4.78 is 5.86. The van der Waals surface area contributed by atoms with E-state index in [-0.39, 0.29) is 25.2 Å². The van der Waals surface area contributed by atoms with E-state index >= 15 is 0 Å². The van der Waals surface area contributed by atoms with Crippen molar-refractivity contribution < 1.29 is 14.3 Å². The minimum absolute atomic E-state index is 0.252. The number of carbonyl (C=O) groups excluding carboxylic acids is 2. The second-order valence-electron chi connectivity index (χ2n) is 8.05. The lowest BCUT2D eigenvalue weighted by molar-refractivity contribution is 0.250. The first-order valence-electron chi connectivity index (χ1n) is 11.7. The van der Waals surface area contributed by atoms with Gasteiger partial charge >= 0.3 is 12.1 Å². The Labute approximate surface area is 210 Å². The maximum atomic E-state index is 13.2. The zero-order valence-corrected chi connectivity index (χ0v) is 20.0. The Kier molecular flexibility index (Phi) is 8.17. The van der Waals surface area contributed by atoms with Crippen molar-refractivity contribution in [1.29, 1.82) is 0 Å². The molecule has 0 aliphatic carbocycles. The number of para-hydroxylation sites is 3. The summed E-state index contributed by atoms with van der Waals surface area (Å²) in [5.41, 5.74) is 3.06. The molecule has 3 N–H and O–H groups in total. The first-order valence-corrected chi connectivity index (χ1v) is 11.7. The highest BCUT2D eigenvalue weighted by molar-refractivity contribution is 6.01. The van der Waals surface area contributed by atoms with Crippen molar-refractivity contribution in [1.82, 2.24) is 5.32 Å². The van der Waals surface area contributed by atoms with Crippen LogP contribution in [0.4, 0.5) is 26.7 Å². The molecule has 182 valence electrons. The fourth-order valence-corrected chi connectivity index (χ4v) is 3.54. The Morgan fingerprint density at radius 2 is 1.33 bits per heavy atom. The number of anilines is 3. The van der Waals surface area contributed by atoms with Gasteiger partial charge in [-0.3, -0.25) is 4.90 Å². The molecule has 4 aromatic carbocycles. The lowest BCUT2D eigenvalue weighted by Gasteiger charge is -2.24. The monoisotopic (exact) mass is 480 g/mol.